The highest BCUT2D eigenvalue weighted by molar-refractivity contribution is 6.06. The Morgan fingerprint density at radius 2 is 0.792 bits per heavy atom. The Balaban J connectivity index is 0.000000755. The Morgan fingerprint density at radius 1 is 0.417 bits per heavy atom. The minimum absolute atomic E-state index is 0. The van der Waals surface area contributed by atoms with Crippen LogP contribution in [-0.2, 0) is 0 Å². The molecule has 6 heterocycles. The summed E-state index contributed by atoms with van der Waals surface area (Å²) in [6.07, 6.45) is 12.0. The first kappa shape index (κ1) is 67.9. The number of piperidine rings is 1. The molecule has 0 bridgehead atoms. The number of hydrogen-bond donors (Lipinski definition) is 7. The van der Waals surface area contributed by atoms with Crippen LogP contribution in [0.25, 0.3) is 33.8 Å². The second-order valence-corrected chi connectivity index (χ2v) is 23.4. The van der Waals surface area contributed by atoms with Gasteiger partial charge in [-0.15, -0.1) is 0 Å². The van der Waals surface area contributed by atoms with Crippen LogP contribution in [0.15, 0.2) is 182 Å². The molecule has 0 unspecified atom stereocenters. The van der Waals surface area contributed by atoms with Gasteiger partial charge < -0.3 is 52.3 Å². The number of likely N-dealkylation sites (tertiary alicyclic amines) is 2. The highest BCUT2D eigenvalue weighted by atomic mass is 16.2. The van der Waals surface area contributed by atoms with Gasteiger partial charge in [0.25, 0.3) is 35.4 Å². The van der Waals surface area contributed by atoms with Gasteiger partial charge >= 0.3 is 0 Å². The molecule has 0 spiro atoms. The highest BCUT2D eigenvalue weighted by Gasteiger charge is 2.21. The summed E-state index contributed by atoms with van der Waals surface area (Å²) in [6, 6.07) is 49.1. The van der Waals surface area contributed by atoms with E-state index in [2.05, 4.69) is 71.6 Å². The van der Waals surface area contributed by atoms with Crippen molar-refractivity contribution in [1.82, 2.24) is 60.6 Å². The first-order valence-corrected chi connectivity index (χ1v) is 32.5. The Morgan fingerprint density at radius 3 is 1.22 bits per heavy atom. The van der Waals surface area contributed by atoms with E-state index in [9.17, 15) is 28.8 Å². The maximum atomic E-state index is 12.8. The molecule has 0 radical (unpaired) electrons. The standard InChI is InChI=1S/C26H29N5O2.C25H27N5O2.C23H24N6O2.9H2/c1-19-24(26(33)29-22-8-4-2-5-9-22)30-23(18-28-19)20-10-12-21(13-11-20)25(32)27-14-17-31-15-6-3-7-16-31;1-18-23(25(32)28-21-7-3-2-4-8-21)29-22(17-27-18)19-9-11-20(12-10-19)24(31)26-13-16-30-14-5-6-15-30;24-21-20(22(30)27-18-5-2-1-3-6-18)28-19(15-26-21)16-7-9-17(10-8-16)23(31)29-13-4-11-25-12-14-29;;;;;;;;;/h2,4-5,8-13,18H,3,6-7,14-17H2,1H3,(H,27,32)(H,29,33);2-4,7-12,17H,5-6,13-16H2,1H3,(H,26,31)(H,28,32);1-3,5-10,15,25H,4,11-14H2,(H2,24,26)(H,27,30);9*1H. The van der Waals surface area contributed by atoms with Crippen molar-refractivity contribution in [2.45, 2.75) is 52.4 Å². The number of anilines is 4. The lowest BCUT2D eigenvalue weighted by molar-refractivity contribution is 0.0765. The molecule has 3 aliphatic rings. The number of nitrogens with two attached hydrogens (primary N) is 1. The number of benzene rings is 6. The predicted octanol–water partition coefficient (Wildman–Crippen LogP) is 12.1. The van der Waals surface area contributed by atoms with Crippen molar-refractivity contribution in [3.05, 3.63) is 228 Å². The average Bonchev–Trinajstić information content (AvgIpc) is 1.29. The summed E-state index contributed by atoms with van der Waals surface area (Å²) in [4.78, 5) is 109. The average molecular weight is 1310 g/mol. The van der Waals surface area contributed by atoms with E-state index in [0.29, 0.717) is 81.9 Å². The number of aromatic nitrogens is 6. The maximum absolute atomic E-state index is 12.8. The quantitative estimate of drug-likeness (QED) is 0.0420. The zero-order chi connectivity index (χ0) is 67.0. The number of hydrogen-bond acceptors (Lipinski definition) is 16. The monoisotopic (exact) mass is 1310 g/mol. The lowest BCUT2D eigenvalue weighted by Crippen LogP contribution is -2.37. The zero-order valence-electron chi connectivity index (χ0n) is 54.1. The van der Waals surface area contributed by atoms with Crippen LogP contribution in [0.2, 0.25) is 0 Å². The number of nitrogens with one attached hydrogen (secondary N) is 6. The largest absolute Gasteiger partial charge is 0.382 e. The number of nitrogens with zero attached hydrogens (tertiary/aromatic N) is 9. The van der Waals surface area contributed by atoms with Crippen LogP contribution in [-0.4, -0.2) is 159 Å². The predicted molar refractivity (Wildman–Crippen MR) is 393 cm³/mol. The fraction of sp³-hybridized carbons (Fsp3) is 0.270. The molecule has 22 heteroatoms. The third-order valence-corrected chi connectivity index (χ3v) is 16.5. The molecule has 0 aliphatic carbocycles. The van der Waals surface area contributed by atoms with E-state index in [1.807, 2.05) is 120 Å². The van der Waals surface area contributed by atoms with Crippen molar-refractivity contribution >= 4 is 58.3 Å². The normalized spacial score (nSPS) is 13.9. The van der Waals surface area contributed by atoms with Crippen molar-refractivity contribution in [3.63, 3.8) is 0 Å². The van der Waals surface area contributed by atoms with Gasteiger partial charge in [0.1, 0.15) is 11.4 Å². The lowest BCUT2D eigenvalue weighted by Gasteiger charge is -2.26. The molecule has 3 fully saturated rings. The summed E-state index contributed by atoms with van der Waals surface area (Å²) in [6.45, 7) is 14.2. The van der Waals surface area contributed by atoms with Crippen LogP contribution in [0.3, 0.4) is 0 Å². The SMILES string of the molecule is Cc1ncc(-c2ccc(C(=O)NCCN3CCCC3)cc2)nc1C(=O)Nc1ccccc1.Cc1ncc(-c2ccc(C(=O)NCCN3CCCCC3)cc2)nc1C(=O)Nc1ccccc1.Nc1ncc(-c2ccc(C(=O)N3CCCNCC3)cc2)nc1C(=O)Nc1ccccc1.[HH].[HH].[HH].[HH].[HH].[HH].[HH].[HH].[HH]. The molecular formula is C74H98N16O6. The summed E-state index contributed by atoms with van der Waals surface area (Å²) in [7, 11) is 0. The van der Waals surface area contributed by atoms with E-state index in [-0.39, 0.29) is 65.3 Å². The first-order chi connectivity index (χ1) is 46.8. The van der Waals surface area contributed by atoms with Crippen molar-refractivity contribution < 1.29 is 41.6 Å². The first-order valence-electron chi connectivity index (χ1n) is 32.5. The minimum Gasteiger partial charge on any atom is -0.382 e. The lowest BCUT2D eigenvalue weighted by atomic mass is 10.1. The van der Waals surface area contributed by atoms with Crippen molar-refractivity contribution in [2.75, 3.05) is 100 Å². The van der Waals surface area contributed by atoms with Gasteiger partial charge in [-0.05, 0) is 151 Å². The van der Waals surface area contributed by atoms with E-state index in [4.69, 9.17) is 5.73 Å². The van der Waals surface area contributed by atoms with Gasteiger partial charge in [-0.2, -0.15) is 0 Å². The summed E-state index contributed by atoms with van der Waals surface area (Å²) in [5.41, 5.74) is 15.4. The Kier molecular flexibility index (Phi) is 24.3. The number of carbonyl (C=O) groups is 6. The molecule has 3 aromatic heterocycles. The van der Waals surface area contributed by atoms with E-state index in [1.54, 1.807) is 74.8 Å². The Hall–Kier alpha value is -10.9. The zero-order valence-corrected chi connectivity index (χ0v) is 54.1. The number of nitrogen functional groups attached to an aromatic ring is 1. The topological polar surface area (TPSA) is 288 Å². The summed E-state index contributed by atoms with van der Waals surface area (Å²) >= 11 is 0. The van der Waals surface area contributed by atoms with E-state index < -0.39 is 5.91 Å². The number of aryl methyl sites for hydroxylation is 2. The van der Waals surface area contributed by atoms with Crippen LogP contribution in [0, 0.1) is 13.8 Å². The van der Waals surface area contributed by atoms with Gasteiger partial charge in [-0.25, -0.2) is 19.9 Å². The van der Waals surface area contributed by atoms with E-state index in [0.717, 1.165) is 82.0 Å². The number of carbonyl (C=O) groups excluding carboxylic acids is 6. The molecule has 12 rings (SSSR count). The summed E-state index contributed by atoms with van der Waals surface area (Å²) in [5, 5.41) is 17.7. The molecule has 0 atom stereocenters. The van der Waals surface area contributed by atoms with Crippen molar-refractivity contribution in [2.24, 2.45) is 0 Å². The molecule has 6 aromatic carbocycles. The van der Waals surface area contributed by atoms with Crippen LogP contribution < -0.4 is 37.6 Å². The van der Waals surface area contributed by atoms with Crippen LogP contribution in [0.5, 0.6) is 0 Å². The van der Waals surface area contributed by atoms with E-state index >= 15 is 0 Å². The third-order valence-electron chi connectivity index (χ3n) is 16.5. The molecule has 3 saturated heterocycles. The molecule has 96 heavy (non-hydrogen) atoms. The smallest absolute Gasteiger partial charge is 0.278 e. The van der Waals surface area contributed by atoms with Crippen LogP contribution in [0.4, 0.5) is 22.9 Å². The molecule has 3 aliphatic heterocycles. The fourth-order valence-electron chi connectivity index (χ4n) is 11.1. The minimum atomic E-state index is -0.431. The molecular weight excluding hydrogens is 1210 g/mol. The molecule has 9 aromatic rings. The number of rotatable bonds is 18. The fourth-order valence-corrected chi connectivity index (χ4v) is 11.1. The molecule has 22 nitrogen and oxygen atoms in total. The van der Waals surface area contributed by atoms with E-state index in [1.165, 1.54) is 38.3 Å². The molecule has 0 saturated carbocycles. The molecule has 510 valence electrons. The Bertz CT molecular complexity index is 4120. The van der Waals surface area contributed by atoms with Gasteiger partial charge in [-0.3, -0.25) is 38.7 Å². The number of amides is 6. The third kappa shape index (κ3) is 19.3. The van der Waals surface area contributed by atoms with Crippen molar-refractivity contribution in [3.8, 4) is 33.8 Å². The van der Waals surface area contributed by atoms with Crippen LogP contribution >= 0.6 is 0 Å². The highest BCUT2D eigenvalue weighted by Crippen LogP contribution is 2.24. The van der Waals surface area contributed by atoms with Crippen LogP contribution in [0.1, 0.15) is 125 Å². The number of para-hydroxylation sites is 3. The Labute approximate surface area is 572 Å². The van der Waals surface area contributed by atoms with Gasteiger partial charge in [-0.1, -0.05) is 97.4 Å². The second-order valence-electron chi connectivity index (χ2n) is 23.4. The molecule has 8 N–H and O–H groups in total. The van der Waals surface area contributed by atoms with Gasteiger partial charge in [0.15, 0.2) is 11.5 Å². The second kappa shape index (κ2) is 34.3. The summed E-state index contributed by atoms with van der Waals surface area (Å²) in [5.74, 6) is -1.15. The van der Waals surface area contributed by atoms with Gasteiger partial charge in [0.2, 0.25) is 0 Å². The van der Waals surface area contributed by atoms with Crippen molar-refractivity contribution in [1.29, 1.82) is 0 Å². The van der Waals surface area contributed by atoms with Gasteiger partial charge in [0, 0.05) is 109 Å². The maximum Gasteiger partial charge on any atom is 0.278 e. The summed E-state index contributed by atoms with van der Waals surface area (Å²) < 4.78 is 0. The molecule has 6 amide bonds. The van der Waals surface area contributed by atoms with Gasteiger partial charge in [0.05, 0.1) is 47.1 Å².